The number of ether oxygens (including phenoxy) is 1. The molecule has 0 aliphatic heterocycles. The van der Waals surface area contributed by atoms with Crippen LogP contribution in [0, 0.1) is 34.5 Å². The maximum Gasteiger partial charge on any atom is 0.309 e. The van der Waals surface area contributed by atoms with Crippen molar-refractivity contribution in [3.05, 3.63) is 0 Å². The molecular formula is C24H42O4. The number of carboxylic acid groups (broad SMARTS) is 1. The molecule has 0 radical (unpaired) electrons. The molecule has 0 heterocycles. The van der Waals surface area contributed by atoms with Gasteiger partial charge in [0.15, 0.2) is 0 Å². The van der Waals surface area contributed by atoms with Crippen LogP contribution in [0.2, 0.25) is 0 Å². The number of carboxylic acids is 1. The molecule has 162 valence electrons. The fourth-order valence-corrected chi connectivity index (χ4v) is 6.04. The summed E-state index contributed by atoms with van der Waals surface area (Å²) >= 11 is 0. The lowest BCUT2D eigenvalue weighted by molar-refractivity contribution is -0.163. The molecule has 4 heteroatoms. The predicted octanol–water partition coefficient (Wildman–Crippen LogP) is 6.08. The van der Waals surface area contributed by atoms with Gasteiger partial charge < -0.3 is 9.84 Å². The molecule has 0 bridgehead atoms. The Morgan fingerprint density at radius 1 is 1.00 bits per heavy atom. The van der Waals surface area contributed by atoms with Crippen molar-refractivity contribution < 1.29 is 19.4 Å². The summed E-state index contributed by atoms with van der Waals surface area (Å²) in [5.74, 6) is -1.20. The minimum atomic E-state index is -0.850. The van der Waals surface area contributed by atoms with Crippen LogP contribution < -0.4 is 0 Å². The van der Waals surface area contributed by atoms with Crippen LogP contribution in [-0.2, 0) is 14.3 Å². The van der Waals surface area contributed by atoms with Crippen LogP contribution in [0.3, 0.4) is 0 Å². The number of carbonyl (C=O) groups excluding carboxylic acids is 1. The molecule has 0 amide bonds. The van der Waals surface area contributed by atoms with E-state index in [0.717, 1.165) is 25.7 Å². The van der Waals surface area contributed by atoms with Crippen molar-refractivity contribution >= 4 is 11.9 Å². The van der Waals surface area contributed by atoms with Gasteiger partial charge in [0.25, 0.3) is 0 Å². The van der Waals surface area contributed by atoms with E-state index in [1.54, 1.807) is 0 Å². The first-order chi connectivity index (χ1) is 13.1. The van der Waals surface area contributed by atoms with E-state index in [9.17, 15) is 14.7 Å². The summed E-state index contributed by atoms with van der Waals surface area (Å²) in [5.41, 5.74) is 0.435. The van der Waals surface area contributed by atoms with Gasteiger partial charge in [0.1, 0.15) is 0 Å². The summed E-state index contributed by atoms with van der Waals surface area (Å²) in [7, 11) is 0. The third-order valence-electron chi connectivity index (χ3n) is 7.94. The zero-order valence-corrected chi connectivity index (χ0v) is 18.8. The third kappa shape index (κ3) is 5.30. The minimum absolute atomic E-state index is 0.120. The highest BCUT2D eigenvalue weighted by atomic mass is 16.5. The second-order valence-corrected chi connectivity index (χ2v) is 10.6. The molecule has 0 saturated heterocycles. The zero-order valence-electron chi connectivity index (χ0n) is 18.8. The van der Waals surface area contributed by atoms with E-state index in [4.69, 9.17) is 4.74 Å². The van der Waals surface area contributed by atoms with Crippen LogP contribution in [0.1, 0.15) is 98.8 Å². The van der Waals surface area contributed by atoms with Gasteiger partial charge in [0.2, 0.25) is 0 Å². The summed E-state index contributed by atoms with van der Waals surface area (Å²) in [6.07, 6.45) is 10.3. The molecule has 28 heavy (non-hydrogen) atoms. The summed E-state index contributed by atoms with van der Waals surface area (Å²) in [4.78, 5) is 24.2. The SMILES string of the molecule is CCCCCC1C(C)(C)CCC(COC(=O)C2CCCCC2C(=O)O)C1(C)C. The van der Waals surface area contributed by atoms with Gasteiger partial charge in [0, 0.05) is 0 Å². The zero-order chi connectivity index (χ0) is 20.9. The Balaban J connectivity index is 2.00. The van der Waals surface area contributed by atoms with Gasteiger partial charge in [-0.25, -0.2) is 0 Å². The Bertz CT molecular complexity index is 537. The molecular weight excluding hydrogens is 352 g/mol. The van der Waals surface area contributed by atoms with Crippen LogP contribution in [0.25, 0.3) is 0 Å². The number of carbonyl (C=O) groups is 2. The molecule has 2 fully saturated rings. The lowest BCUT2D eigenvalue weighted by Gasteiger charge is -2.53. The Hall–Kier alpha value is -1.06. The van der Waals surface area contributed by atoms with E-state index in [2.05, 4.69) is 34.6 Å². The van der Waals surface area contributed by atoms with Crippen LogP contribution in [0.15, 0.2) is 0 Å². The summed E-state index contributed by atoms with van der Waals surface area (Å²) in [5, 5.41) is 9.44. The van der Waals surface area contributed by atoms with Crippen molar-refractivity contribution in [1.29, 1.82) is 0 Å². The number of aliphatic carboxylic acids is 1. The van der Waals surface area contributed by atoms with Gasteiger partial charge in [-0.05, 0) is 54.8 Å². The van der Waals surface area contributed by atoms with E-state index in [-0.39, 0.29) is 11.4 Å². The van der Waals surface area contributed by atoms with Gasteiger partial charge in [-0.3, -0.25) is 9.59 Å². The fraction of sp³-hybridized carbons (Fsp3) is 0.917. The standard InChI is InChI=1S/C24H42O4/c1-6-7-8-13-20-23(2,3)15-14-17(24(20,4)5)16-28-22(27)19-12-10-9-11-18(19)21(25)26/h17-20H,6-16H2,1-5H3,(H,25,26). The molecule has 2 rings (SSSR count). The molecule has 0 aromatic carbocycles. The molecule has 2 saturated carbocycles. The molecule has 0 aromatic rings. The van der Waals surface area contributed by atoms with Crippen molar-refractivity contribution in [1.82, 2.24) is 0 Å². The Kier molecular flexibility index (Phi) is 7.98. The van der Waals surface area contributed by atoms with Crippen molar-refractivity contribution in [2.24, 2.45) is 34.5 Å². The monoisotopic (exact) mass is 394 g/mol. The highest BCUT2D eigenvalue weighted by Gasteiger charge is 2.49. The Labute approximate surface area is 171 Å². The van der Waals surface area contributed by atoms with Crippen molar-refractivity contribution in [3.63, 3.8) is 0 Å². The van der Waals surface area contributed by atoms with E-state index in [1.807, 2.05) is 0 Å². The predicted molar refractivity (Wildman–Crippen MR) is 112 cm³/mol. The smallest absolute Gasteiger partial charge is 0.309 e. The second-order valence-electron chi connectivity index (χ2n) is 10.6. The first kappa shape index (κ1) is 23.2. The molecule has 0 aromatic heterocycles. The van der Waals surface area contributed by atoms with Gasteiger partial charge in [-0.15, -0.1) is 0 Å². The van der Waals surface area contributed by atoms with Crippen molar-refractivity contribution in [2.75, 3.05) is 6.61 Å². The first-order valence-electron chi connectivity index (χ1n) is 11.5. The summed E-state index contributed by atoms with van der Waals surface area (Å²) in [6, 6.07) is 0. The minimum Gasteiger partial charge on any atom is -0.481 e. The van der Waals surface area contributed by atoms with E-state index >= 15 is 0 Å². The second kappa shape index (κ2) is 9.63. The number of hydrogen-bond donors (Lipinski definition) is 1. The summed E-state index contributed by atoms with van der Waals surface area (Å²) in [6.45, 7) is 12.2. The Morgan fingerprint density at radius 2 is 1.64 bits per heavy atom. The highest BCUT2D eigenvalue weighted by molar-refractivity contribution is 5.81. The maximum atomic E-state index is 12.7. The van der Waals surface area contributed by atoms with Gasteiger partial charge in [-0.2, -0.15) is 0 Å². The van der Waals surface area contributed by atoms with E-state index in [1.165, 1.54) is 25.7 Å². The molecule has 2 aliphatic rings. The topological polar surface area (TPSA) is 63.6 Å². The maximum absolute atomic E-state index is 12.7. The molecule has 0 spiro atoms. The lowest BCUT2D eigenvalue weighted by Crippen LogP contribution is -2.47. The highest BCUT2D eigenvalue weighted by Crippen LogP contribution is 2.55. The number of unbranched alkanes of at least 4 members (excludes halogenated alkanes) is 2. The van der Waals surface area contributed by atoms with Gasteiger partial charge in [0.05, 0.1) is 18.4 Å². The first-order valence-corrected chi connectivity index (χ1v) is 11.5. The quantitative estimate of drug-likeness (QED) is 0.400. The van der Waals surface area contributed by atoms with E-state index in [0.29, 0.717) is 36.7 Å². The Morgan fingerprint density at radius 3 is 2.25 bits per heavy atom. The average Bonchev–Trinajstić information content (AvgIpc) is 2.63. The van der Waals surface area contributed by atoms with Crippen LogP contribution >= 0.6 is 0 Å². The van der Waals surface area contributed by atoms with Gasteiger partial charge in [-0.1, -0.05) is 66.7 Å². The molecule has 4 atom stereocenters. The number of rotatable bonds is 8. The average molecular weight is 395 g/mol. The van der Waals surface area contributed by atoms with Crippen LogP contribution in [0.5, 0.6) is 0 Å². The van der Waals surface area contributed by atoms with Gasteiger partial charge >= 0.3 is 11.9 Å². The van der Waals surface area contributed by atoms with Crippen LogP contribution in [0.4, 0.5) is 0 Å². The lowest BCUT2D eigenvalue weighted by atomic mass is 9.52. The van der Waals surface area contributed by atoms with E-state index < -0.39 is 17.8 Å². The number of hydrogen-bond acceptors (Lipinski definition) is 3. The number of esters is 1. The fourth-order valence-electron chi connectivity index (χ4n) is 6.04. The molecule has 1 N–H and O–H groups in total. The molecule has 4 unspecified atom stereocenters. The largest absolute Gasteiger partial charge is 0.481 e. The summed E-state index contributed by atoms with van der Waals surface area (Å²) < 4.78 is 5.78. The van der Waals surface area contributed by atoms with Crippen molar-refractivity contribution in [3.8, 4) is 0 Å². The molecule has 2 aliphatic carbocycles. The van der Waals surface area contributed by atoms with Crippen LogP contribution in [-0.4, -0.2) is 23.7 Å². The third-order valence-corrected chi connectivity index (χ3v) is 7.94. The normalized spacial score (nSPS) is 31.9. The molecule has 4 nitrogen and oxygen atoms in total. The van der Waals surface area contributed by atoms with Crippen molar-refractivity contribution in [2.45, 2.75) is 98.8 Å².